The fraction of sp³-hybridized carbons (Fsp3) is 0.462. The summed E-state index contributed by atoms with van der Waals surface area (Å²) in [5.41, 5.74) is 0.792. The molecule has 0 radical (unpaired) electrons. The fourth-order valence-electron chi connectivity index (χ4n) is 2.14. The fourth-order valence-corrected chi connectivity index (χ4v) is 2.14. The highest BCUT2D eigenvalue weighted by Crippen LogP contribution is 2.15. The lowest BCUT2D eigenvalue weighted by atomic mass is 9.97. The molecule has 1 aromatic heterocycles. The van der Waals surface area contributed by atoms with E-state index < -0.39 is 5.97 Å². The van der Waals surface area contributed by atoms with Crippen LogP contribution in [0.25, 0.3) is 0 Å². The zero-order valence-electron chi connectivity index (χ0n) is 10.7. The number of hydrogen-bond acceptors (Lipinski definition) is 4. The molecule has 0 aliphatic carbocycles. The van der Waals surface area contributed by atoms with Crippen molar-refractivity contribution in [3.8, 4) is 0 Å². The third-order valence-electron chi connectivity index (χ3n) is 3.36. The Morgan fingerprint density at radius 2 is 2.26 bits per heavy atom. The Hall–Kier alpha value is -1.95. The van der Waals surface area contributed by atoms with Gasteiger partial charge < -0.3 is 15.7 Å². The summed E-state index contributed by atoms with van der Waals surface area (Å²) < 4.78 is 0. The van der Waals surface area contributed by atoms with Gasteiger partial charge in [-0.3, -0.25) is 4.79 Å². The van der Waals surface area contributed by atoms with Crippen LogP contribution in [0.4, 0.5) is 0 Å². The molecule has 6 heteroatoms. The second-order valence-electron chi connectivity index (χ2n) is 4.82. The Morgan fingerprint density at radius 1 is 1.47 bits per heavy atom. The maximum absolute atomic E-state index is 11.9. The van der Waals surface area contributed by atoms with Crippen LogP contribution in [0, 0.1) is 11.8 Å². The van der Waals surface area contributed by atoms with Gasteiger partial charge in [0, 0.05) is 19.3 Å². The minimum Gasteiger partial charge on any atom is -0.477 e. The first-order valence-electron chi connectivity index (χ1n) is 6.24. The summed E-state index contributed by atoms with van der Waals surface area (Å²) in [6, 6.07) is 3.09. The molecule has 1 saturated heterocycles. The standard InChI is InChI=1S/C13H17N3O3/c1-8-4-14-7-10(8)12(17)16-6-9-2-3-11(13(18)19)15-5-9/h2-3,5,8,10,14H,4,6-7H2,1H3,(H,16,17)(H,18,19)/t8-,10-/m1/s1. The number of carboxylic acid groups (broad SMARTS) is 1. The minimum absolute atomic E-state index is 0.00342. The number of hydrogen-bond donors (Lipinski definition) is 3. The summed E-state index contributed by atoms with van der Waals surface area (Å²) in [5.74, 6) is -0.681. The zero-order chi connectivity index (χ0) is 13.8. The maximum Gasteiger partial charge on any atom is 0.354 e. The second kappa shape index (κ2) is 5.79. The van der Waals surface area contributed by atoms with Crippen LogP contribution in [-0.4, -0.2) is 35.1 Å². The number of nitrogens with zero attached hydrogens (tertiary/aromatic N) is 1. The lowest BCUT2D eigenvalue weighted by Gasteiger charge is -2.14. The lowest BCUT2D eigenvalue weighted by Crippen LogP contribution is -2.33. The summed E-state index contributed by atoms with van der Waals surface area (Å²) in [5, 5.41) is 14.8. The van der Waals surface area contributed by atoms with Gasteiger partial charge >= 0.3 is 5.97 Å². The third kappa shape index (κ3) is 3.29. The van der Waals surface area contributed by atoms with Gasteiger partial charge in [0.2, 0.25) is 5.91 Å². The highest BCUT2D eigenvalue weighted by atomic mass is 16.4. The van der Waals surface area contributed by atoms with E-state index >= 15 is 0 Å². The van der Waals surface area contributed by atoms with E-state index in [-0.39, 0.29) is 17.5 Å². The van der Waals surface area contributed by atoms with Gasteiger partial charge in [-0.2, -0.15) is 0 Å². The van der Waals surface area contributed by atoms with Gasteiger partial charge in [-0.15, -0.1) is 0 Å². The van der Waals surface area contributed by atoms with Gasteiger partial charge in [0.25, 0.3) is 0 Å². The normalized spacial score (nSPS) is 22.2. The third-order valence-corrected chi connectivity index (χ3v) is 3.36. The number of carbonyl (C=O) groups is 2. The van der Waals surface area contributed by atoms with Crippen LogP contribution in [0.5, 0.6) is 0 Å². The first-order valence-corrected chi connectivity index (χ1v) is 6.24. The number of aromatic nitrogens is 1. The molecule has 1 aliphatic rings. The van der Waals surface area contributed by atoms with Gasteiger partial charge in [-0.1, -0.05) is 13.0 Å². The zero-order valence-corrected chi connectivity index (χ0v) is 10.7. The number of carboxylic acids is 1. The van der Waals surface area contributed by atoms with Crippen molar-refractivity contribution in [2.24, 2.45) is 11.8 Å². The molecule has 19 heavy (non-hydrogen) atoms. The van der Waals surface area contributed by atoms with Crippen molar-refractivity contribution >= 4 is 11.9 Å². The van der Waals surface area contributed by atoms with Gasteiger partial charge in [-0.05, 0) is 24.1 Å². The smallest absolute Gasteiger partial charge is 0.354 e. The quantitative estimate of drug-likeness (QED) is 0.724. The number of amides is 1. The molecular weight excluding hydrogens is 246 g/mol. The van der Waals surface area contributed by atoms with Crippen molar-refractivity contribution < 1.29 is 14.7 Å². The molecule has 1 aromatic rings. The van der Waals surface area contributed by atoms with E-state index in [1.165, 1.54) is 12.3 Å². The van der Waals surface area contributed by atoms with Gasteiger partial charge in [0.1, 0.15) is 5.69 Å². The van der Waals surface area contributed by atoms with Crippen LogP contribution < -0.4 is 10.6 Å². The molecule has 0 saturated carbocycles. The first kappa shape index (κ1) is 13.5. The summed E-state index contributed by atoms with van der Waals surface area (Å²) in [6.07, 6.45) is 1.47. The molecular formula is C13H17N3O3. The molecule has 102 valence electrons. The molecule has 0 unspecified atom stereocenters. The van der Waals surface area contributed by atoms with E-state index in [0.29, 0.717) is 19.0 Å². The Balaban J connectivity index is 1.88. The average Bonchev–Trinajstić information content (AvgIpc) is 2.83. The van der Waals surface area contributed by atoms with Gasteiger partial charge in [0.15, 0.2) is 0 Å². The molecule has 3 N–H and O–H groups in total. The molecule has 1 amide bonds. The van der Waals surface area contributed by atoms with Crippen molar-refractivity contribution in [1.29, 1.82) is 0 Å². The number of aromatic carboxylic acids is 1. The van der Waals surface area contributed by atoms with Crippen LogP contribution in [0.1, 0.15) is 23.0 Å². The molecule has 1 fully saturated rings. The van der Waals surface area contributed by atoms with Crippen LogP contribution in [0.15, 0.2) is 18.3 Å². The molecule has 2 rings (SSSR count). The molecule has 1 aliphatic heterocycles. The van der Waals surface area contributed by atoms with Gasteiger partial charge in [0.05, 0.1) is 5.92 Å². The van der Waals surface area contributed by atoms with Crippen molar-refractivity contribution in [1.82, 2.24) is 15.6 Å². The van der Waals surface area contributed by atoms with Crippen LogP contribution >= 0.6 is 0 Å². The number of carbonyl (C=O) groups excluding carboxylic acids is 1. The van der Waals surface area contributed by atoms with E-state index in [4.69, 9.17) is 5.11 Å². The van der Waals surface area contributed by atoms with Gasteiger partial charge in [-0.25, -0.2) is 9.78 Å². The largest absolute Gasteiger partial charge is 0.477 e. The first-order chi connectivity index (χ1) is 9.08. The predicted octanol–water partition coefficient (Wildman–Crippen LogP) is 0.251. The number of rotatable bonds is 4. The van der Waals surface area contributed by atoms with Crippen LogP contribution in [0.2, 0.25) is 0 Å². The van der Waals surface area contributed by atoms with Crippen molar-refractivity contribution in [2.75, 3.05) is 13.1 Å². The molecule has 2 atom stereocenters. The SMILES string of the molecule is C[C@@H]1CNC[C@H]1C(=O)NCc1ccc(C(=O)O)nc1. The van der Waals surface area contributed by atoms with E-state index in [9.17, 15) is 9.59 Å². The highest BCUT2D eigenvalue weighted by molar-refractivity contribution is 5.85. The molecule has 0 spiro atoms. The molecule has 2 heterocycles. The van der Waals surface area contributed by atoms with Crippen molar-refractivity contribution in [2.45, 2.75) is 13.5 Å². The monoisotopic (exact) mass is 263 g/mol. The lowest BCUT2D eigenvalue weighted by molar-refractivity contribution is -0.125. The Bertz CT molecular complexity index is 473. The van der Waals surface area contributed by atoms with E-state index in [0.717, 1.165) is 12.1 Å². The molecule has 6 nitrogen and oxygen atoms in total. The predicted molar refractivity (Wildman–Crippen MR) is 68.6 cm³/mol. The van der Waals surface area contributed by atoms with E-state index in [1.807, 2.05) is 6.92 Å². The van der Waals surface area contributed by atoms with Crippen molar-refractivity contribution in [3.05, 3.63) is 29.6 Å². The second-order valence-corrected chi connectivity index (χ2v) is 4.82. The Kier molecular flexibility index (Phi) is 4.11. The minimum atomic E-state index is -1.05. The topological polar surface area (TPSA) is 91.3 Å². The van der Waals surface area contributed by atoms with E-state index in [2.05, 4.69) is 15.6 Å². The summed E-state index contributed by atoms with van der Waals surface area (Å²) in [7, 11) is 0. The van der Waals surface area contributed by atoms with E-state index in [1.54, 1.807) is 6.07 Å². The summed E-state index contributed by atoms with van der Waals surface area (Å²) >= 11 is 0. The summed E-state index contributed by atoms with van der Waals surface area (Å²) in [4.78, 5) is 26.4. The van der Waals surface area contributed by atoms with Crippen molar-refractivity contribution in [3.63, 3.8) is 0 Å². The van der Waals surface area contributed by atoms with Crippen LogP contribution in [-0.2, 0) is 11.3 Å². The molecule has 0 aromatic carbocycles. The number of pyridine rings is 1. The number of nitrogens with one attached hydrogen (secondary N) is 2. The average molecular weight is 263 g/mol. The Labute approximate surface area is 111 Å². The Morgan fingerprint density at radius 3 is 2.79 bits per heavy atom. The van der Waals surface area contributed by atoms with Crippen LogP contribution in [0.3, 0.4) is 0 Å². The molecule has 0 bridgehead atoms. The highest BCUT2D eigenvalue weighted by Gasteiger charge is 2.29. The summed E-state index contributed by atoms with van der Waals surface area (Å²) in [6.45, 7) is 4.00. The maximum atomic E-state index is 11.9.